The van der Waals surface area contributed by atoms with E-state index in [-0.39, 0.29) is 0 Å². The molecule has 1 aromatic rings. The fourth-order valence-corrected chi connectivity index (χ4v) is 3.69. The van der Waals surface area contributed by atoms with Gasteiger partial charge < -0.3 is 10.1 Å². The number of benzene rings is 1. The molecule has 1 atom stereocenters. The molecular weight excluding hydrogens is 234 g/mol. The highest BCUT2D eigenvalue weighted by molar-refractivity contribution is 5.42. The first-order chi connectivity index (χ1) is 9.36. The van der Waals surface area contributed by atoms with Gasteiger partial charge in [0, 0.05) is 12.1 Å². The highest BCUT2D eigenvalue weighted by atomic mass is 16.5. The Labute approximate surface area is 116 Å². The lowest BCUT2D eigenvalue weighted by atomic mass is 9.86. The summed E-state index contributed by atoms with van der Waals surface area (Å²) in [6, 6.07) is 7.88. The highest BCUT2D eigenvalue weighted by Gasteiger charge is 2.24. The van der Waals surface area contributed by atoms with Gasteiger partial charge >= 0.3 is 0 Å². The Morgan fingerprint density at radius 2 is 1.89 bits per heavy atom. The summed E-state index contributed by atoms with van der Waals surface area (Å²) >= 11 is 0. The zero-order valence-corrected chi connectivity index (χ0v) is 12.0. The molecule has 2 heteroatoms. The summed E-state index contributed by atoms with van der Waals surface area (Å²) in [6.45, 7) is 0. The molecule has 19 heavy (non-hydrogen) atoms. The Kier molecular flexibility index (Phi) is 4.07. The van der Waals surface area contributed by atoms with Crippen molar-refractivity contribution >= 4 is 0 Å². The van der Waals surface area contributed by atoms with Gasteiger partial charge in [0.1, 0.15) is 5.75 Å². The van der Waals surface area contributed by atoms with Gasteiger partial charge in [-0.15, -0.1) is 0 Å². The summed E-state index contributed by atoms with van der Waals surface area (Å²) in [4.78, 5) is 0. The van der Waals surface area contributed by atoms with Gasteiger partial charge in [-0.05, 0) is 49.3 Å². The van der Waals surface area contributed by atoms with E-state index in [9.17, 15) is 0 Å². The predicted molar refractivity (Wildman–Crippen MR) is 78.8 cm³/mol. The molecule has 0 bridgehead atoms. The normalized spacial score (nSPS) is 23.9. The number of rotatable bonds is 3. The van der Waals surface area contributed by atoms with Gasteiger partial charge in [0.25, 0.3) is 0 Å². The van der Waals surface area contributed by atoms with Crippen LogP contribution < -0.4 is 10.1 Å². The zero-order valence-electron chi connectivity index (χ0n) is 12.0. The minimum absolute atomic E-state index is 0.645. The van der Waals surface area contributed by atoms with Crippen LogP contribution in [0.2, 0.25) is 0 Å². The Morgan fingerprint density at radius 3 is 2.68 bits per heavy atom. The van der Waals surface area contributed by atoms with Crippen molar-refractivity contribution in [1.82, 2.24) is 5.32 Å². The van der Waals surface area contributed by atoms with E-state index in [1.807, 2.05) is 0 Å². The summed E-state index contributed by atoms with van der Waals surface area (Å²) in [5, 5.41) is 3.89. The second-order valence-electron chi connectivity index (χ2n) is 6.04. The van der Waals surface area contributed by atoms with Crippen LogP contribution in [0.3, 0.4) is 0 Å². The van der Waals surface area contributed by atoms with E-state index in [2.05, 4.69) is 23.5 Å². The number of nitrogens with one attached hydrogen (secondary N) is 1. The number of methoxy groups -OCH3 is 1. The minimum atomic E-state index is 0.645. The van der Waals surface area contributed by atoms with Crippen LogP contribution >= 0.6 is 0 Å². The van der Waals surface area contributed by atoms with E-state index < -0.39 is 0 Å². The molecule has 1 saturated carbocycles. The molecule has 0 saturated heterocycles. The molecule has 104 valence electrons. The maximum absolute atomic E-state index is 5.52. The predicted octanol–water partition coefficient (Wildman–Crippen LogP) is 3.47. The van der Waals surface area contributed by atoms with Gasteiger partial charge in [-0.2, -0.15) is 0 Å². The molecule has 3 rings (SSSR count). The average molecular weight is 259 g/mol. The van der Waals surface area contributed by atoms with Crippen molar-refractivity contribution < 1.29 is 4.74 Å². The summed E-state index contributed by atoms with van der Waals surface area (Å²) in [5.41, 5.74) is 2.92. The monoisotopic (exact) mass is 259 g/mol. The van der Waals surface area contributed by atoms with Crippen molar-refractivity contribution in [3.05, 3.63) is 29.3 Å². The molecule has 0 amide bonds. The molecule has 0 heterocycles. The van der Waals surface area contributed by atoms with E-state index in [0.29, 0.717) is 6.04 Å². The van der Waals surface area contributed by atoms with Crippen LogP contribution in [-0.4, -0.2) is 19.2 Å². The molecule has 2 aliphatic rings. The number of ether oxygens (including phenoxy) is 1. The summed E-state index contributed by atoms with van der Waals surface area (Å²) < 4.78 is 5.52. The molecule has 1 unspecified atom stereocenters. The smallest absolute Gasteiger partial charge is 0.122 e. The fraction of sp³-hybridized carbons (Fsp3) is 0.647. The Hall–Kier alpha value is -1.02. The van der Waals surface area contributed by atoms with Crippen LogP contribution in [0, 0.1) is 0 Å². The molecule has 0 aliphatic heterocycles. The third-order valence-corrected chi connectivity index (χ3v) is 4.74. The molecule has 0 radical (unpaired) electrons. The van der Waals surface area contributed by atoms with E-state index >= 15 is 0 Å². The lowest BCUT2D eigenvalue weighted by Gasteiger charge is -2.32. The summed E-state index contributed by atoms with van der Waals surface area (Å²) in [5.74, 6) is 1.08. The fourth-order valence-electron chi connectivity index (χ4n) is 3.69. The van der Waals surface area contributed by atoms with Crippen molar-refractivity contribution in [2.24, 2.45) is 0 Å². The second-order valence-corrected chi connectivity index (χ2v) is 6.04. The Morgan fingerprint density at radius 1 is 1.05 bits per heavy atom. The maximum atomic E-state index is 5.52. The van der Waals surface area contributed by atoms with Crippen molar-refractivity contribution in [3.63, 3.8) is 0 Å². The number of fused-ring (bicyclic) bond motifs is 1. The van der Waals surface area contributed by atoms with Crippen LogP contribution in [0.4, 0.5) is 0 Å². The third-order valence-electron chi connectivity index (χ3n) is 4.74. The lowest BCUT2D eigenvalue weighted by molar-refractivity contribution is 0.317. The van der Waals surface area contributed by atoms with Crippen molar-refractivity contribution in [2.75, 3.05) is 7.11 Å². The van der Waals surface area contributed by atoms with Crippen LogP contribution in [0.25, 0.3) is 0 Å². The molecule has 2 aliphatic carbocycles. The van der Waals surface area contributed by atoms with E-state index in [0.717, 1.165) is 18.2 Å². The molecule has 1 fully saturated rings. The maximum Gasteiger partial charge on any atom is 0.122 e. The molecule has 0 aromatic heterocycles. The van der Waals surface area contributed by atoms with E-state index in [1.165, 1.54) is 56.1 Å². The standard InChI is InChI=1S/C17H25NO/c1-19-17-9-5-6-13-10-11-15(12-16(13)17)18-14-7-3-2-4-8-14/h5-6,9,14-15,18H,2-4,7-8,10-12H2,1H3. The first-order valence-electron chi connectivity index (χ1n) is 7.77. The minimum Gasteiger partial charge on any atom is -0.496 e. The first kappa shape index (κ1) is 13.0. The van der Waals surface area contributed by atoms with Gasteiger partial charge in [-0.1, -0.05) is 31.4 Å². The van der Waals surface area contributed by atoms with Gasteiger partial charge in [0.15, 0.2) is 0 Å². The number of hydrogen-bond acceptors (Lipinski definition) is 2. The molecular formula is C17H25NO. The summed E-state index contributed by atoms with van der Waals surface area (Å²) in [7, 11) is 1.79. The summed E-state index contributed by atoms with van der Waals surface area (Å²) in [6.07, 6.45) is 10.6. The first-order valence-corrected chi connectivity index (χ1v) is 7.77. The number of hydrogen-bond donors (Lipinski definition) is 1. The largest absolute Gasteiger partial charge is 0.496 e. The highest BCUT2D eigenvalue weighted by Crippen LogP contribution is 2.30. The van der Waals surface area contributed by atoms with Gasteiger partial charge in [-0.25, -0.2) is 0 Å². The van der Waals surface area contributed by atoms with Crippen LogP contribution in [0.15, 0.2) is 18.2 Å². The third kappa shape index (κ3) is 2.94. The van der Waals surface area contributed by atoms with Crippen molar-refractivity contribution in [1.29, 1.82) is 0 Å². The quantitative estimate of drug-likeness (QED) is 0.897. The van der Waals surface area contributed by atoms with Crippen LogP contribution in [0.1, 0.15) is 49.7 Å². The topological polar surface area (TPSA) is 21.3 Å². The van der Waals surface area contributed by atoms with Gasteiger partial charge in [0.05, 0.1) is 7.11 Å². The second kappa shape index (κ2) is 5.96. The average Bonchev–Trinajstić information content (AvgIpc) is 2.47. The number of aryl methyl sites for hydroxylation is 1. The molecule has 2 nitrogen and oxygen atoms in total. The van der Waals surface area contributed by atoms with Gasteiger partial charge in [0.2, 0.25) is 0 Å². The van der Waals surface area contributed by atoms with Crippen molar-refractivity contribution in [2.45, 2.75) is 63.5 Å². The van der Waals surface area contributed by atoms with Crippen molar-refractivity contribution in [3.8, 4) is 5.75 Å². The van der Waals surface area contributed by atoms with E-state index in [1.54, 1.807) is 7.11 Å². The van der Waals surface area contributed by atoms with Gasteiger partial charge in [-0.3, -0.25) is 0 Å². The van der Waals surface area contributed by atoms with Crippen LogP contribution in [-0.2, 0) is 12.8 Å². The Bertz CT molecular complexity index is 409. The SMILES string of the molecule is COc1cccc2c1CC(NC1CCCCC1)CC2. The van der Waals surface area contributed by atoms with E-state index in [4.69, 9.17) is 4.74 Å². The zero-order chi connectivity index (χ0) is 13.1. The lowest BCUT2D eigenvalue weighted by Crippen LogP contribution is -2.42. The Balaban J connectivity index is 1.67. The molecule has 1 N–H and O–H groups in total. The molecule has 1 aromatic carbocycles. The molecule has 0 spiro atoms. The van der Waals surface area contributed by atoms with Crippen LogP contribution in [0.5, 0.6) is 5.75 Å².